The molecule has 0 aliphatic carbocycles. The largest absolute Gasteiger partial charge is 0.359 e. The van der Waals surface area contributed by atoms with E-state index < -0.39 is 10.0 Å². The Bertz CT molecular complexity index is 933. The van der Waals surface area contributed by atoms with E-state index in [0.717, 1.165) is 30.8 Å². The van der Waals surface area contributed by atoms with Gasteiger partial charge in [0.15, 0.2) is 11.7 Å². The average molecular weight is 434 g/mol. The molecule has 0 saturated carbocycles. The van der Waals surface area contributed by atoms with Crippen LogP contribution in [0.15, 0.2) is 50.8 Å². The van der Waals surface area contributed by atoms with E-state index in [1.807, 2.05) is 12.1 Å². The fourth-order valence-electron chi connectivity index (χ4n) is 3.41. The van der Waals surface area contributed by atoms with Crippen molar-refractivity contribution in [3.05, 3.63) is 47.9 Å². The van der Waals surface area contributed by atoms with Crippen LogP contribution in [0.1, 0.15) is 44.1 Å². The van der Waals surface area contributed by atoms with Gasteiger partial charge < -0.3 is 15.2 Å². The molecule has 1 fully saturated rings. The van der Waals surface area contributed by atoms with Gasteiger partial charge in [-0.05, 0) is 36.8 Å². The summed E-state index contributed by atoms with van der Waals surface area (Å²) >= 11 is 0. The summed E-state index contributed by atoms with van der Waals surface area (Å²) in [6.07, 6.45) is 1.63. The number of hydrogen-bond acceptors (Lipinski definition) is 5. The van der Waals surface area contributed by atoms with Crippen LogP contribution in [0, 0.1) is 5.92 Å². The third-order valence-electron chi connectivity index (χ3n) is 5.34. The molecule has 9 heteroatoms. The minimum absolute atomic E-state index is 0.330. The molecule has 30 heavy (non-hydrogen) atoms. The van der Waals surface area contributed by atoms with Crippen LogP contribution < -0.4 is 10.6 Å². The van der Waals surface area contributed by atoms with Crippen molar-refractivity contribution in [3.63, 3.8) is 0 Å². The summed E-state index contributed by atoms with van der Waals surface area (Å²) in [5.41, 5.74) is 0.937. The summed E-state index contributed by atoms with van der Waals surface area (Å²) in [5, 5.41) is 10.6. The Morgan fingerprint density at radius 3 is 2.53 bits per heavy atom. The van der Waals surface area contributed by atoms with Gasteiger partial charge in [0.2, 0.25) is 10.0 Å². The Morgan fingerprint density at radius 1 is 1.23 bits per heavy atom. The Morgan fingerprint density at radius 2 is 1.93 bits per heavy atom. The van der Waals surface area contributed by atoms with Crippen molar-refractivity contribution in [2.24, 2.45) is 10.9 Å². The van der Waals surface area contributed by atoms with Crippen molar-refractivity contribution in [2.75, 3.05) is 26.7 Å². The number of sulfonamides is 1. The quantitative estimate of drug-likeness (QED) is 0.514. The minimum atomic E-state index is -3.40. The summed E-state index contributed by atoms with van der Waals surface area (Å²) in [7, 11) is -1.68. The molecule has 0 unspecified atom stereocenters. The molecular weight excluding hydrogens is 402 g/mol. The Hall–Kier alpha value is -2.39. The molecule has 3 rings (SSSR count). The summed E-state index contributed by atoms with van der Waals surface area (Å²) in [5.74, 6) is 2.18. The number of aliphatic imine (C=N–C) groups is 1. The van der Waals surface area contributed by atoms with Crippen molar-refractivity contribution in [2.45, 2.75) is 44.0 Å². The first kappa shape index (κ1) is 22.3. The van der Waals surface area contributed by atoms with Gasteiger partial charge in [0.25, 0.3) is 0 Å². The number of aromatic nitrogens is 1. The van der Waals surface area contributed by atoms with E-state index in [0.29, 0.717) is 42.3 Å². The molecule has 0 radical (unpaired) electrons. The number of hydrogen-bond donors (Lipinski definition) is 2. The van der Waals surface area contributed by atoms with Gasteiger partial charge in [-0.1, -0.05) is 37.2 Å². The molecule has 0 atom stereocenters. The fraction of sp³-hybridized carbons (Fsp3) is 0.524. The van der Waals surface area contributed by atoms with Crippen molar-refractivity contribution in [3.8, 4) is 0 Å². The van der Waals surface area contributed by atoms with E-state index in [-0.39, 0.29) is 0 Å². The standard InChI is InChI=1S/C21H31N5O3S/c1-16(2)20-13-18(29-25-20)15-24-21(22-3)23-14-17-9-11-26(12-10-17)30(27,28)19-7-5-4-6-8-19/h4-8,13,16-17H,9-12,14-15H2,1-3H3,(H2,22,23,24). The van der Waals surface area contributed by atoms with Crippen LogP contribution in [0.3, 0.4) is 0 Å². The van der Waals surface area contributed by atoms with Gasteiger partial charge in [0.1, 0.15) is 0 Å². The molecular formula is C21H31N5O3S. The third kappa shape index (κ3) is 5.60. The van der Waals surface area contributed by atoms with Gasteiger partial charge >= 0.3 is 0 Å². The number of piperidine rings is 1. The molecule has 1 saturated heterocycles. The second-order valence-corrected chi connectivity index (χ2v) is 9.78. The van der Waals surface area contributed by atoms with Crippen LogP contribution >= 0.6 is 0 Å². The summed E-state index contributed by atoms with van der Waals surface area (Å²) in [6, 6.07) is 10.6. The van der Waals surface area contributed by atoms with E-state index >= 15 is 0 Å². The lowest BCUT2D eigenvalue weighted by atomic mass is 9.98. The highest BCUT2D eigenvalue weighted by Crippen LogP contribution is 2.23. The van der Waals surface area contributed by atoms with Crippen LogP contribution in [0.5, 0.6) is 0 Å². The molecule has 164 valence electrons. The first-order valence-corrected chi connectivity index (χ1v) is 11.8. The lowest BCUT2D eigenvalue weighted by Gasteiger charge is -2.31. The van der Waals surface area contributed by atoms with Crippen LogP contribution in [0.25, 0.3) is 0 Å². The zero-order valence-corrected chi connectivity index (χ0v) is 18.7. The van der Waals surface area contributed by atoms with Crippen molar-refractivity contribution in [1.82, 2.24) is 20.1 Å². The molecule has 0 bridgehead atoms. The maximum absolute atomic E-state index is 12.7. The SMILES string of the molecule is CN=C(NCc1cc(C(C)C)no1)NCC1CCN(S(=O)(=O)c2ccccc2)CC1. The monoisotopic (exact) mass is 433 g/mol. The molecule has 8 nitrogen and oxygen atoms in total. The van der Waals surface area contributed by atoms with E-state index in [9.17, 15) is 8.42 Å². The van der Waals surface area contributed by atoms with Crippen LogP contribution in [0.2, 0.25) is 0 Å². The molecule has 2 heterocycles. The van der Waals surface area contributed by atoms with Crippen LogP contribution in [0.4, 0.5) is 0 Å². The zero-order chi connectivity index (χ0) is 21.6. The second kappa shape index (κ2) is 10.1. The Kier molecular flexibility index (Phi) is 7.49. The third-order valence-corrected chi connectivity index (χ3v) is 7.25. The fourth-order valence-corrected chi connectivity index (χ4v) is 4.90. The number of rotatable bonds is 7. The summed E-state index contributed by atoms with van der Waals surface area (Å²) in [4.78, 5) is 4.61. The molecule has 0 amide bonds. The predicted octanol–water partition coefficient (Wildman–Crippen LogP) is 2.56. The van der Waals surface area contributed by atoms with Gasteiger partial charge in [-0.15, -0.1) is 0 Å². The van der Waals surface area contributed by atoms with Gasteiger partial charge in [-0.25, -0.2) is 8.42 Å². The molecule has 2 N–H and O–H groups in total. The first-order chi connectivity index (χ1) is 14.4. The lowest BCUT2D eigenvalue weighted by molar-refractivity contribution is 0.273. The molecule has 2 aromatic rings. The number of nitrogens with zero attached hydrogens (tertiary/aromatic N) is 3. The number of nitrogens with one attached hydrogen (secondary N) is 2. The van der Waals surface area contributed by atoms with E-state index in [1.165, 1.54) is 0 Å². The van der Waals surface area contributed by atoms with E-state index in [1.54, 1.807) is 35.6 Å². The van der Waals surface area contributed by atoms with Crippen molar-refractivity contribution >= 4 is 16.0 Å². The van der Waals surface area contributed by atoms with Gasteiger partial charge in [-0.2, -0.15) is 4.31 Å². The molecule has 1 aliphatic rings. The topological polar surface area (TPSA) is 99.8 Å². The highest BCUT2D eigenvalue weighted by molar-refractivity contribution is 7.89. The van der Waals surface area contributed by atoms with Crippen LogP contribution in [-0.4, -0.2) is 50.5 Å². The summed E-state index contributed by atoms with van der Waals surface area (Å²) in [6.45, 7) is 6.47. The molecule has 1 aromatic heterocycles. The second-order valence-electron chi connectivity index (χ2n) is 7.84. The maximum Gasteiger partial charge on any atom is 0.243 e. The van der Waals surface area contributed by atoms with Gasteiger partial charge in [0.05, 0.1) is 17.1 Å². The van der Waals surface area contributed by atoms with E-state index in [4.69, 9.17) is 4.52 Å². The average Bonchev–Trinajstić information content (AvgIpc) is 3.24. The van der Waals surface area contributed by atoms with Crippen molar-refractivity contribution < 1.29 is 12.9 Å². The minimum Gasteiger partial charge on any atom is -0.359 e. The molecule has 1 aliphatic heterocycles. The predicted molar refractivity (Wildman–Crippen MR) is 117 cm³/mol. The lowest BCUT2D eigenvalue weighted by Crippen LogP contribution is -2.44. The first-order valence-electron chi connectivity index (χ1n) is 10.4. The van der Waals surface area contributed by atoms with Gasteiger partial charge in [0, 0.05) is 32.7 Å². The normalized spacial score (nSPS) is 16.7. The highest BCUT2D eigenvalue weighted by atomic mass is 32.2. The van der Waals surface area contributed by atoms with E-state index in [2.05, 4.69) is 34.6 Å². The number of benzene rings is 1. The number of guanidine groups is 1. The summed E-state index contributed by atoms with van der Waals surface area (Å²) < 4.78 is 32.4. The Labute approximate surface area is 178 Å². The smallest absolute Gasteiger partial charge is 0.243 e. The molecule has 1 aromatic carbocycles. The Balaban J connectivity index is 1.44. The molecule has 0 spiro atoms. The van der Waals surface area contributed by atoms with Gasteiger partial charge in [-0.3, -0.25) is 4.99 Å². The highest BCUT2D eigenvalue weighted by Gasteiger charge is 2.29. The zero-order valence-electron chi connectivity index (χ0n) is 17.8. The van der Waals surface area contributed by atoms with Crippen LogP contribution in [-0.2, 0) is 16.6 Å². The maximum atomic E-state index is 12.7. The van der Waals surface area contributed by atoms with Crippen molar-refractivity contribution in [1.29, 1.82) is 0 Å².